The summed E-state index contributed by atoms with van der Waals surface area (Å²) >= 11 is 1.56. The fourth-order valence-corrected chi connectivity index (χ4v) is 4.10. The molecule has 1 saturated carbocycles. The van der Waals surface area contributed by atoms with Crippen molar-refractivity contribution in [3.63, 3.8) is 0 Å². The number of hydrogen-bond donors (Lipinski definition) is 1. The highest BCUT2D eigenvalue weighted by molar-refractivity contribution is 7.98. The van der Waals surface area contributed by atoms with Gasteiger partial charge in [0.2, 0.25) is 5.91 Å². The lowest BCUT2D eigenvalue weighted by Crippen LogP contribution is -2.45. The minimum Gasteiger partial charge on any atom is -0.455 e. The van der Waals surface area contributed by atoms with E-state index >= 15 is 0 Å². The second kappa shape index (κ2) is 7.80. The summed E-state index contributed by atoms with van der Waals surface area (Å²) in [7, 11) is 1.94. The van der Waals surface area contributed by atoms with Crippen molar-refractivity contribution in [1.82, 2.24) is 19.8 Å². The Morgan fingerprint density at radius 3 is 2.93 bits per heavy atom. The number of furan rings is 1. The van der Waals surface area contributed by atoms with Crippen LogP contribution in [0.25, 0.3) is 0 Å². The number of likely N-dealkylation sites (tertiary alicyclic amines) is 1. The highest BCUT2D eigenvalue weighted by atomic mass is 32.2. The van der Waals surface area contributed by atoms with Gasteiger partial charge in [-0.05, 0) is 37.8 Å². The quantitative estimate of drug-likeness (QED) is 0.769. The molecule has 4 rings (SSSR count). The number of rotatable bonds is 6. The first-order valence-electron chi connectivity index (χ1n) is 9.38. The fraction of sp³-hybridized carbons (Fsp3) is 0.526. The van der Waals surface area contributed by atoms with E-state index in [2.05, 4.69) is 10.3 Å². The van der Waals surface area contributed by atoms with Gasteiger partial charge in [-0.3, -0.25) is 9.59 Å². The lowest BCUT2D eigenvalue weighted by atomic mass is 9.97. The van der Waals surface area contributed by atoms with Gasteiger partial charge in [0.15, 0.2) is 10.9 Å². The summed E-state index contributed by atoms with van der Waals surface area (Å²) in [6.45, 7) is 1.14. The number of aromatic nitrogens is 2. The summed E-state index contributed by atoms with van der Waals surface area (Å²) in [5.41, 5.74) is 0. The molecule has 2 fully saturated rings. The highest BCUT2D eigenvalue weighted by Crippen LogP contribution is 2.25. The maximum atomic E-state index is 12.8. The molecule has 1 atom stereocenters. The van der Waals surface area contributed by atoms with Crippen molar-refractivity contribution in [3.8, 4) is 0 Å². The number of nitrogens with zero attached hydrogens (tertiary/aromatic N) is 3. The van der Waals surface area contributed by atoms with Crippen molar-refractivity contribution < 1.29 is 14.0 Å². The summed E-state index contributed by atoms with van der Waals surface area (Å²) < 4.78 is 7.70. The molecule has 3 heterocycles. The minimum atomic E-state index is -0.132. The monoisotopic (exact) mass is 388 g/mol. The fourth-order valence-electron chi connectivity index (χ4n) is 3.28. The first-order valence-corrected chi connectivity index (χ1v) is 10.4. The van der Waals surface area contributed by atoms with Gasteiger partial charge in [-0.25, -0.2) is 4.98 Å². The van der Waals surface area contributed by atoms with Crippen molar-refractivity contribution in [2.24, 2.45) is 13.0 Å². The number of carbonyl (C=O) groups excluding carboxylic acids is 2. The zero-order valence-corrected chi connectivity index (χ0v) is 16.2. The van der Waals surface area contributed by atoms with Crippen molar-refractivity contribution in [3.05, 3.63) is 36.0 Å². The summed E-state index contributed by atoms with van der Waals surface area (Å²) in [5, 5.41) is 3.95. The van der Waals surface area contributed by atoms with E-state index in [0.717, 1.165) is 36.6 Å². The van der Waals surface area contributed by atoms with Gasteiger partial charge in [0.05, 0.1) is 11.7 Å². The lowest BCUT2D eigenvalue weighted by Gasteiger charge is -2.31. The Balaban J connectivity index is 1.34. The molecular weight excluding hydrogens is 364 g/mol. The third kappa shape index (κ3) is 4.37. The molecule has 0 spiro atoms. The van der Waals surface area contributed by atoms with Gasteiger partial charge in [0.25, 0.3) is 5.91 Å². The van der Waals surface area contributed by atoms with Crippen LogP contribution in [0.3, 0.4) is 0 Å². The third-order valence-electron chi connectivity index (χ3n) is 5.00. The van der Waals surface area contributed by atoms with Gasteiger partial charge in [0.1, 0.15) is 5.76 Å². The van der Waals surface area contributed by atoms with E-state index in [4.69, 9.17) is 4.42 Å². The second-order valence-electron chi connectivity index (χ2n) is 7.25. The number of carbonyl (C=O) groups is 2. The average Bonchev–Trinajstić information content (AvgIpc) is 3.20. The molecule has 1 N–H and O–H groups in total. The molecular formula is C19H24N4O3S. The predicted molar refractivity (Wildman–Crippen MR) is 101 cm³/mol. The molecule has 1 saturated heterocycles. The third-order valence-corrected chi connectivity index (χ3v) is 6.08. The Morgan fingerprint density at radius 1 is 1.33 bits per heavy atom. The van der Waals surface area contributed by atoms with Crippen LogP contribution in [0.1, 0.15) is 42.0 Å². The van der Waals surface area contributed by atoms with Gasteiger partial charge >= 0.3 is 0 Å². The number of thioether (sulfide) groups is 1. The molecule has 2 aliphatic rings. The maximum Gasteiger partial charge on any atom is 0.289 e. The van der Waals surface area contributed by atoms with Gasteiger partial charge in [-0.1, -0.05) is 11.8 Å². The van der Waals surface area contributed by atoms with Gasteiger partial charge in [-0.2, -0.15) is 0 Å². The zero-order valence-electron chi connectivity index (χ0n) is 15.4. The van der Waals surface area contributed by atoms with E-state index in [-0.39, 0.29) is 17.7 Å². The molecule has 27 heavy (non-hydrogen) atoms. The maximum absolute atomic E-state index is 12.8. The molecule has 1 unspecified atom stereocenters. The molecule has 2 aromatic heterocycles. The van der Waals surface area contributed by atoms with Crippen molar-refractivity contribution in [1.29, 1.82) is 0 Å². The molecule has 7 nitrogen and oxygen atoms in total. The molecule has 2 amide bonds. The van der Waals surface area contributed by atoms with Gasteiger partial charge in [0, 0.05) is 38.6 Å². The minimum absolute atomic E-state index is 0.0848. The average molecular weight is 388 g/mol. The smallest absolute Gasteiger partial charge is 0.289 e. The summed E-state index contributed by atoms with van der Waals surface area (Å²) in [6.07, 6.45) is 7.49. The highest BCUT2D eigenvalue weighted by Gasteiger charge is 2.32. The normalized spacial score (nSPS) is 19.9. The number of hydrogen-bond acceptors (Lipinski definition) is 5. The SMILES string of the molecule is Cn1ccnc1SCc1ccc(C(=O)N2CCCC(C(=O)NC3CC3)C2)o1. The Bertz CT molecular complexity index is 827. The van der Waals surface area contributed by atoms with Crippen molar-refractivity contribution >= 4 is 23.6 Å². The number of nitrogens with one attached hydrogen (secondary N) is 1. The van der Waals surface area contributed by atoms with E-state index in [0.29, 0.717) is 30.6 Å². The Kier molecular flexibility index (Phi) is 5.24. The van der Waals surface area contributed by atoms with Crippen LogP contribution in [0.2, 0.25) is 0 Å². The summed E-state index contributed by atoms with van der Waals surface area (Å²) in [6, 6.07) is 3.92. The van der Waals surface area contributed by atoms with Crippen LogP contribution >= 0.6 is 11.8 Å². The molecule has 2 aromatic rings. The molecule has 8 heteroatoms. The Morgan fingerprint density at radius 2 is 2.19 bits per heavy atom. The van der Waals surface area contributed by atoms with Crippen molar-refractivity contribution in [2.75, 3.05) is 13.1 Å². The van der Waals surface area contributed by atoms with Gasteiger partial charge < -0.3 is 19.2 Å². The summed E-state index contributed by atoms with van der Waals surface area (Å²) in [5.74, 6) is 1.54. The van der Waals surface area contributed by atoms with Crippen LogP contribution in [0.5, 0.6) is 0 Å². The van der Waals surface area contributed by atoms with E-state index in [1.165, 1.54) is 0 Å². The molecule has 1 aliphatic heterocycles. The first kappa shape index (κ1) is 18.2. The van der Waals surface area contributed by atoms with Crippen LogP contribution in [0, 0.1) is 5.92 Å². The van der Waals surface area contributed by atoms with E-state index in [1.807, 2.05) is 23.9 Å². The Hall–Kier alpha value is -2.22. The Labute approximate surface area is 162 Å². The summed E-state index contributed by atoms with van der Waals surface area (Å²) in [4.78, 5) is 31.1. The largest absolute Gasteiger partial charge is 0.455 e. The number of aryl methyl sites for hydroxylation is 1. The molecule has 144 valence electrons. The van der Waals surface area contributed by atoms with Crippen LogP contribution in [-0.4, -0.2) is 45.4 Å². The molecule has 0 aromatic carbocycles. The molecule has 1 aliphatic carbocycles. The lowest BCUT2D eigenvalue weighted by molar-refractivity contribution is -0.126. The zero-order chi connectivity index (χ0) is 18.8. The topological polar surface area (TPSA) is 80.4 Å². The first-order chi connectivity index (χ1) is 13.1. The van der Waals surface area contributed by atoms with Crippen molar-refractivity contribution in [2.45, 2.75) is 42.6 Å². The number of amides is 2. The van der Waals surface area contributed by atoms with Crippen LogP contribution in [0.4, 0.5) is 0 Å². The van der Waals surface area contributed by atoms with Crippen LogP contribution in [-0.2, 0) is 17.6 Å². The standard InChI is InChI=1S/C19H24N4O3S/c1-22-10-8-20-19(22)27-12-15-6-7-16(26-15)18(25)23-9-2-3-13(11-23)17(24)21-14-4-5-14/h6-8,10,13-14H,2-5,9,11-12H2,1H3,(H,21,24). The van der Waals surface area contributed by atoms with Crippen LogP contribution < -0.4 is 5.32 Å². The molecule has 0 radical (unpaired) electrons. The number of imidazole rings is 1. The van der Waals surface area contributed by atoms with Gasteiger partial charge in [-0.15, -0.1) is 0 Å². The van der Waals surface area contributed by atoms with Crippen LogP contribution in [0.15, 0.2) is 34.1 Å². The van der Waals surface area contributed by atoms with E-state index in [1.54, 1.807) is 28.9 Å². The second-order valence-corrected chi connectivity index (χ2v) is 8.19. The number of piperidine rings is 1. The molecule has 0 bridgehead atoms. The van der Waals surface area contributed by atoms with E-state index in [9.17, 15) is 9.59 Å². The van der Waals surface area contributed by atoms with E-state index < -0.39 is 0 Å². The predicted octanol–water partition coefficient (Wildman–Crippen LogP) is 2.44.